The molecule has 0 aliphatic heterocycles. The van der Waals surface area contributed by atoms with Gasteiger partial charge in [-0.15, -0.1) is 0 Å². The zero-order valence-corrected chi connectivity index (χ0v) is 8.22. The van der Waals surface area contributed by atoms with E-state index in [1.165, 1.54) is 0 Å². The van der Waals surface area contributed by atoms with E-state index in [1.54, 1.807) is 20.8 Å². The van der Waals surface area contributed by atoms with Gasteiger partial charge in [0.1, 0.15) is 5.60 Å². The molecule has 0 bridgehead atoms. The van der Waals surface area contributed by atoms with Crippen LogP contribution in [0.3, 0.4) is 0 Å². The van der Waals surface area contributed by atoms with Gasteiger partial charge in [0, 0.05) is 6.42 Å². The lowest BCUT2D eigenvalue weighted by Crippen LogP contribution is -2.48. The van der Waals surface area contributed by atoms with Crippen molar-refractivity contribution in [3.63, 3.8) is 0 Å². The van der Waals surface area contributed by atoms with Gasteiger partial charge in [-0.05, 0) is 27.2 Å². The van der Waals surface area contributed by atoms with Crippen LogP contribution in [0.15, 0.2) is 0 Å². The fourth-order valence-electron chi connectivity index (χ4n) is 1.01. The molecule has 0 aromatic heterocycles. The molecule has 4 nitrogen and oxygen atoms in total. The zero-order chi connectivity index (χ0) is 10.1. The van der Waals surface area contributed by atoms with Crippen molar-refractivity contribution in [2.45, 2.75) is 45.3 Å². The van der Waals surface area contributed by atoms with Crippen LogP contribution in [0.2, 0.25) is 0 Å². The normalized spacial score (nSPS) is 22.1. The summed E-state index contributed by atoms with van der Waals surface area (Å²) in [4.78, 5) is 22.0. The Bertz CT molecular complexity index is 230. The third-order valence-electron chi connectivity index (χ3n) is 1.76. The van der Waals surface area contributed by atoms with Crippen molar-refractivity contribution in [1.29, 1.82) is 0 Å². The number of hydrogen-bond acceptors (Lipinski definition) is 3. The highest BCUT2D eigenvalue weighted by Gasteiger charge is 2.30. The van der Waals surface area contributed by atoms with Crippen LogP contribution in [0.5, 0.6) is 0 Å². The van der Waals surface area contributed by atoms with E-state index < -0.39 is 11.7 Å². The Morgan fingerprint density at radius 2 is 2.15 bits per heavy atom. The number of alkyl carbamates (subject to hydrolysis) is 1. The highest BCUT2D eigenvalue weighted by atomic mass is 16.6. The van der Waals surface area contributed by atoms with Gasteiger partial charge in [0.05, 0.1) is 6.04 Å². The second-order valence-corrected chi connectivity index (χ2v) is 4.20. The average Bonchev–Trinajstić information content (AvgIpc) is 1.94. The summed E-state index contributed by atoms with van der Waals surface area (Å²) < 4.78 is 4.99. The average molecular weight is 185 g/mol. The van der Waals surface area contributed by atoms with E-state index in [4.69, 9.17) is 4.74 Å². The number of nitrogens with one attached hydrogen (secondary N) is 1. The largest absolute Gasteiger partial charge is 0.444 e. The molecule has 1 N–H and O–H groups in total. The molecule has 0 heterocycles. The van der Waals surface area contributed by atoms with Gasteiger partial charge in [-0.2, -0.15) is 0 Å². The molecule has 1 atom stereocenters. The molecule has 0 saturated heterocycles. The SMILES string of the molecule is CC(C)(C)OC(=O)NC1CCC1=O. The maximum Gasteiger partial charge on any atom is 0.408 e. The second kappa shape index (κ2) is 3.36. The molecule has 1 amide bonds. The Balaban J connectivity index is 2.29. The lowest BCUT2D eigenvalue weighted by Gasteiger charge is -2.27. The van der Waals surface area contributed by atoms with E-state index in [0.717, 1.165) is 6.42 Å². The smallest absolute Gasteiger partial charge is 0.408 e. The van der Waals surface area contributed by atoms with Crippen LogP contribution >= 0.6 is 0 Å². The lowest BCUT2D eigenvalue weighted by atomic mass is 9.91. The number of carbonyl (C=O) groups is 2. The number of carbonyl (C=O) groups excluding carboxylic acids is 2. The molecule has 0 radical (unpaired) electrons. The van der Waals surface area contributed by atoms with E-state index in [0.29, 0.717) is 6.42 Å². The fourth-order valence-corrected chi connectivity index (χ4v) is 1.01. The molecule has 13 heavy (non-hydrogen) atoms. The first-order valence-corrected chi connectivity index (χ1v) is 4.41. The first kappa shape index (κ1) is 10.0. The zero-order valence-electron chi connectivity index (χ0n) is 8.22. The van der Waals surface area contributed by atoms with E-state index in [2.05, 4.69) is 5.32 Å². The van der Waals surface area contributed by atoms with Gasteiger partial charge >= 0.3 is 6.09 Å². The monoisotopic (exact) mass is 185 g/mol. The Morgan fingerprint density at radius 3 is 2.46 bits per heavy atom. The Morgan fingerprint density at radius 1 is 1.54 bits per heavy atom. The summed E-state index contributed by atoms with van der Waals surface area (Å²) in [6.07, 6.45) is 0.795. The topological polar surface area (TPSA) is 55.4 Å². The molecule has 1 aliphatic carbocycles. The quantitative estimate of drug-likeness (QED) is 0.668. The van der Waals surface area contributed by atoms with E-state index in [1.807, 2.05) is 0 Å². The summed E-state index contributed by atoms with van der Waals surface area (Å²) in [5, 5.41) is 2.51. The maximum atomic E-state index is 11.1. The van der Waals surface area contributed by atoms with Crippen LogP contribution in [-0.2, 0) is 9.53 Å². The van der Waals surface area contributed by atoms with Gasteiger partial charge in [-0.3, -0.25) is 4.79 Å². The molecule has 0 spiro atoms. The first-order valence-electron chi connectivity index (χ1n) is 4.41. The van der Waals surface area contributed by atoms with Crippen LogP contribution in [0.4, 0.5) is 4.79 Å². The summed E-state index contributed by atoms with van der Waals surface area (Å²) in [5.41, 5.74) is -0.503. The number of rotatable bonds is 1. The van der Waals surface area contributed by atoms with Crippen LogP contribution in [0, 0.1) is 0 Å². The maximum absolute atomic E-state index is 11.1. The van der Waals surface area contributed by atoms with Gasteiger partial charge in [0.15, 0.2) is 5.78 Å². The molecule has 0 aromatic carbocycles. The van der Waals surface area contributed by atoms with Crippen molar-refractivity contribution < 1.29 is 14.3 Å². The Labute approximate surface area is 77.6 Å². The predicted octanol–water partition coefficient (Wildman–Crippen LogP) is 1.24. The number of ether oxygens (including phenoxy) is 1. The minimum absolute atomic E-state index is 0.0888. The third kappa shape index (κ3) is 3.05. The molecule has 1 saturated carbocycles. The summed E-state index contributed by atoms with van der Waals surface area (Å²) >= 11 is 0. The molecule has 1 unspecified atom stereocenters. The standard InChI is InChI=1S/C9H15NO3/c1-9(2,3)13-8(12)10-6-4-5-7(6)11/h6H,4-5H2,1-3H3,(H,10,12). The van der Waals surface area contributed by atoms with E-state index >= 15 is 0 Å². The Kier molecular flexibility index (Phi) is 2.59. The molecule has 74 valence electrons. The summed E-state index contributed by atoms with van der Waals surface area (Å²) in [5.74, 6) is 0.0888. The van der Waals surface area contributed by atoms with Crippen molar-refractivity contribution in [2.24, 2.45) is 0 Å². The number of Topliss-reactive ketones (excluding diaryl/α,β-unsaturated/α-hetero) is 1. The van der Waals surface area contributed by atoms with Crippen molar-refractivity contribution >= 4 is 11.9 Å². The van der Waals surface area contributed by atoms with Crippen molar-refractivity contribution in [3.05, 3.63) is 0 Å². The lowest BCUT2D eigenvalue weighted by molar-refractivity contribution is -0.126. The molecular weight excluding hydrogens is 170 g/mol. The van der Waals surface area contributed by atoms with Gasteiger partial charge < -0.3 is 10.1 Å². The number of ketones is 1. The summed E-state index contributed by atoms with van der Waals surface area (Å²) in [7, 11) is 0. The number of amides is 1. The summed E-state index contributed by atoms with van der Waals surface area (Å²) in [6, 6.07) is -0.310. The molecule has 4 heteroatoms. The van der Waals surface area contributed by atoms with Gasteiger partial charge in [-0.25, -0.2) is 4.79 Å². The van der Waals surface area contributed by atoms with Crippen molar-refractivity contribution in [3.8, 4) is 0 Å². The van der Waals surface area contributed by atoms with Gasteiger partial charge in [0.25, 0.3) is 0 Å². The molecular formula is C9H15NO3. The fraction of sp³-hybridized carbons (Fsp3) is 0.778. The molecule has 1 aliphatic rings. The minimum atomic E-state index is -0.509. The molecule has 1 rings (SSSR count). The van der Waals surface area contributed by atoms with Crippen molar-refractivity contribution in [1.82, 2.24) is 5.32 Å². The molecule has 1 fully saturated rings. The predicted molar refractivity (Wildman–Crippen MR) is 47.4 cm³/mol. The van der Waals surface area contributed by atoms with Crippen LogP contribution in [-0.4, -0.2) is 23.5 Å². The highest BCUT2D eigenvalue weighted by molar-refractivity contribution is 5.92. The summed E-state index contributed by atoms with van der Waals surface area (Å²) in [6.45, 7) is 5.36. The van der Waals surface area contributed by atoms with E-state index in [9.17, 15) is 9.59 Å². The van der Waals surface area contributed by atoms with Crippen LogP contribution in [0.1, 0.15) is 33.6 Å². The number of hydrogen-bond donors (Lipinski definition) is 1. The highest BCUT2D eigenvalue weighted by Crippen LogP contribution is 2.15. The minimum Gasteiger partial charge on any atom is -0.444 e. The van der Waals surface area contributed by atoms with Gasteiger partial charge in [-0.1, -0.05) is 0 Å². The second-order valence-electron chi connectivity index (χ2n) is 4.20. The van der Waals surface area contributed by atoms with E-state index in [-0.39, 0.29) is 11.8 Å². The first-order chi connectivity index (χ1) is 5.88. The third-order valence-corrected chi connectivity index (χ3v) is 1.76. The van der Waals surface area contributed by atoms with Crippen LogP contribution < -0.4 is 5.32 Å². The molecule has 0 aromatic rings. The van der Waals surface area contributed by atoms with Crippen LogP contribution in [0.25, 0.3) is 0 Å². The Hall–Kier alpha value is -1.06. The van der Waals surface area contributed by atoms with Crippen molar-refractivity contribution in [2.75, 3.05) is 0 Å². The van der Waals surface area contributed by atoms with Gasteiger partial charge in [0.2, 0.25) is 0 Å².